The van der Waals surface area contributed by atoms with E-state index < -0.39 is 17.5 Å². The first-order valence-corrected chi connectivity index (χ1v) is 17.5. The van der Waals surface area contributed by atoms with Crippen LogP contribution >= 0.6 is 0 Å². The molecule has 2 N–H and O–H groups in total. The Kier molecular flexibility index (Phi) is 12.6. The van der Waals surface area contributed by atoms with E-state index in [1.807, 2.05) is 36.4 Å². The molecule has 252 valence electrons. The van der Waals surface area contributed by atoms with E-state index in [1.54, 1.807) is 19.9 Å². The van der Waals surface area contributed by atoms with Crippen LogP contribution in [0.2, 0.25) is 0 Å². The fourth-order valence-corrected chi connectivity index (χ4v) is 7.29. The van der Waals surface area contributed by atoms with Crippen LogP contribution in [0.3, 0.4) is 0 Å². The van der Waals surface area contributed by atoms with Gasteiger partial charge < -0.3 is 27.5 Å². The molecular weight excluding hydrogens is 765 g/mol. The van der Waals surface area contributed by atoms with E-state index in [1.165, 1.54) is 6.07 Å². The van der Waals surface area contributed by atoms with E-state index in [4.69, 9.17) is 14.0 Å². The van der Waals surface area contributed by atoms with Crippen molar-refractivity contribution in [2.75, 3.05) is 6.54 Å². The van der Waals surface area contributed by atoms with Crippen molar-refractivity contribution in [3.05, 3.63) is 78.2 Å². The first-order chi connectivity index (χ1) is 22.2. The second-order valence-electron chi connectivity index (χ2n) is 13.2. The Labute approximate surface area is 282 Å². The number of Topliss-reactive ketones (excluding diaryl/α,β-unsaturated/α-hetero) is 1. The van der Waals surface area contributed by atoms with Gasteiger partial charge in [-0.15, -0.1) is 0 Å². The summed E-state index contributed by atoms with van der Waals surface area (Å²) in [5.41, 5.74) is 8.68. The fourth-order valence-electron chi connectivity index (χ4n) is 7.29. The van der Waals surface area contributed by atoms with Crippen LogP contribution in [0.5, 0.6) is 5.75 Å². The van der Waals surface area contributed by atoms with Gasteiger partial charge >= 0.3 is 22.1 Å². The van der Waals surface area contributed by atoms with Crippen LogP contribution in [-0.2, 0) is 31.7 Å². The summed E-state index contributed by atoms with van der Waals surface area (Å²) in [7, 11) is 0. The van der Waals surface area contributed by atoms with E-state index >= 15 is 8.78 Å². The molecule has 1 saturated heterocycles. The number of hydrogen-bond donors (Lipinski definition) is 1. The monoisotopic (exact) mass is 812 g/mol. The van der Waals surface area contributed by atoms with Crippen LogP contribution < -0.4 is 10.1 Å². The maximum atomic E-state index is 15.3. The molecule has 2 aromatic carbocycles. The number of hydrogen-bond acceptors (Lipinski definition) is 5. The summed E-state index contributed by atoms with van der Waals surface area (Å²) in [6, 6.07) is 10.7. The van der Waals surface area contributed by atoms with Gasteiger partial charge in [0, 0.05) is 36.4 Å². The Hall–Kier alpha value is -2.62. The van der Waals surface area contributed by atoms with Gasteiger partial charge in [-0.1, -0.05) is 43.7 Å². The molecule has 0 unspecified atom stereocenters. The summed E-state index contributed by atoms with van der Waals surface area (Å²) in [5.74, 6) is -0.751. The van der Waals surface area contributed by atoms with Crippen LogP contribution in [0, 0.1) is 18.7 Å². The van der Waals surface area contributed by atoms with E-state index in [-0.39, 0.29) is 48.0 Å². The Morgan fingerprint density at radius 3 is 2.46 bits per heavy atom. The Balaban J connectivity index is 0.00000116. The molecule has 6 rings (SSSR count). The third kappa shape index (κ3) is 7.90. The number of rotatable bonds is 10. The number of carbonyl (C=O) groups is 2. The number of ether oxygens (including phenoxy) is 1. The Morgan fingerprint density at radius 2 is 1.85 bits per heavy atom. The molecule has 4 aliphatic rings. The standard InChI is InChI=1S/C35H42F2N2O3.C2H5.O.Os/c1-22(33(38)41)25-13-15-30(28(19-25)27-9-4-10-29(36)32(27)24-7-3-8-24)42-26-14-12-23(18-26)6-2-11-31(40)35(37)20-34(39-21-35)16-5-17-34;1-2;;/h2,4,6,9-10,13,15,19,22-24,26,39H,3,5,7-8,11-12,14,16-18,20-21H2,1H3,(H2,38,41);1H2,2H3;;/q;-1;;/p-1/b6-2+;;;/t22-,23-,26-,35+;;;/m1.../s1. The number of benzene rings is 2. The fraction of sp³-hybridized carbons (Fsp3) is 0.541. The second kappa shape index (κ2) is 16.0. The molecule has 4 fully saturated rings. The molecule has 1 heterocycles. The summed E-state index contributed by atoms with van der Waals surface area (Å²) in [4.78, 5) is 24.6. The number of allylic oxidation sites excluding steroid dienone is 2. The van der Waals surface area contributed by atoms with E-state index in [0.29, 0.717) is 41.9 Å². The number of ketones is 1. The van der Waals surface area contributed by atoms with Crippen molar-refractivity contribution in [1.29, 1.82) is 0 Å². The molecule has 3 saturated carbocycles. The molecule has 6 nitrogen and oxygen atoms in total. The van der Waals surface area contributed by atoms with Gasteiger partial charge in [0.25, 0.3) is 0 Å². The van der Waals surface area contributed by atoms with Gasteiger partial charge in [-0.2, -0.15) is 6.92 Å². The van der Waals surface area contributed by atoms with Gasteiger partial charge in [-0.3, -0.25) is 4.79 Å². The van der Waals surface area contributed by atoms with E-state index in [9.17, 15) is 9.59 Å². The summed E-state index contributed by atoms with van der Waals surface area (Å²) in [6.07, 6.45) is 12.7. The number of nitrogens with one attached hydrogen (secondary N) is 2. The maximum absolute atomic E-state index is 15.3. The van der Waals surface area contributed by atoms with Crippen molar-refractivity contribution in [3.63, 3.8) is 0 Å². The molecule has 1 aliphatic heterocycles. The van der Waals surface area contributed by atoms with Crippen LogP contribution in [0.15, 0.2) is 48.6 Å². The molecule has 3 aliphatic carbocycles. The minimum atomic E-state index is -1.76. The van der Waals surface area contributed by atoms with E-state index in [0.717, 1.165) is 68.9 Å². The first-order valence-electron chi connectivity index (χ1n) is 16.5. The Morgan fingerprint density at radius 1 is 1.11 bits per heavy atom. The van der Waals surface area contributed by atoms with Gasteiger partial charge in [-0.25, -0.2) is 8.78 Å². The van der Waals surface area contributed by atoms with Crippen molar-refractivity contribution < 1.29 is 45.2 Å². The van der Waals surface area contributed by atoms with E-state index in [2.05, 4.69) is 12.2 Å². The zero-order valence-corrected chi connectivity index (χ0v) is 29.4. The van der Waals surface area contributed by atoms with Crippen LogP contribution in [0.25, 0.3) is 16.9 Å². The third-order valence-corrected chi connectivity index (χ3v) is 10.4. The molecule has 0 bridgehead atoms. The zero-order chi connectivity index (χ0) is 33.5. The van der Waals surface area contributed by atoms with Gasteiger partial charge in [0.05, 0.1) is 12.0 Å². The van der Waals surface area contributed by atoms with Crippen LogP contribution in [0.1, 0.15) is 107 Å². The van der Waals surface area contributed by atoms with Gasteiger partial charge in [0.2, 0.25) is 0 Å². The van der Waals surface area contributed by atoms with Crippen molar-refractivity contribution in [1.82, 2.24) is 5.32 Å². The molecule has 9 heteroatoms. The first kappa shape index (κ1) is 36.2. The third-order valence-electron chi connectivity index (χ3n) is 10.4. The van der Waals surface area contributed by atoms with Crippen molar-refractivity contribution in [2.24, 2.45) is 5.92 Å². The van der Waals surface area contributed by atoms with Crippen molar-refractivity contribution in [3.8, 4) is 16.9 Å². The summed E-state index contributed by atoms with van der Waals surface area (Å²) >= 11 is 0.611. The minimum absolute atomic E-state index is 0.0547. The summed E-state index contributed by atoms with van der Waals surface area (Å²) in [5, 5.41) is 3.27. The molecule has 4 atom stereocenters. The molecule has 0 aromatic heterocycles. The zero-order valence-electron chi connectivity index (χ0n) is 26.9. The summed E-state index contributed by atoms with van der Waals surface area (Å²) < 4.78 is 45.3. The predicted molar refractivity (Wildman–Crippen MR) is 171 cm³/mol. The molecule has 46 heavy (non-hydrogen) atoms. The average molecular weight is 811 g/mol. The van der Waals surface area contributed by atoms with Crippen molar-refractivity contribution >= 4 is 11.7 Å². The predicted octanol–water partition coefficient (Wildman–Crippen LogP) is 8.85. The molecule has 1 amide bonds. The quantitative estimate of drug-likeness (QED) is 0.191. The van der Waals surface area contributed by atoms with Gasteiger partial charge in [0.1, 0.15) is 11.6 Å². The normalized spacial score (nSPS) is 25.4. The SMILES string of the molecule is C[C@@H](C([NH-])=O)c1ccc(O[C@@H]2CC[C@@H](/C=C/CC(=O)[C@@]3(F)CNC4(CCC4)C3)C2)c(-c2cccc(F)c2C2CCC2)c1.[CH2-]C.[O]=[Os]. The topological polar surface area (TPSA) is 96.3 Å². The van der Waals surface area contributed by atoms with Gasteiger partial charge in [-0.05, 0) is 98.1 Å². The second-order valence-corrected chi connectivity index (χ2v) is 13.2. The van der Waals surface area contributed by atoms with Gasteiger partial charge in [0.15, 0.2) is 11.5 Å². The number of alkyl halides is 1. The number of amides is 1. The Bertz CT molecular complexity index is 1410. The van der Waals surface area contributed by atoms with Crippen LogP contribution in [-0.4, -0.2) is 35.5 Å². The molecule has 1 spiro atoms. The number of halogens is 2. The number of carbonyl (C=O) groups excluding carboxylic acids is 2. The molecule has 2 aromatic rings. The van der Waals surface area contributed by atoms with Crippen LogP contribution in [0.4, 0.5) is 8.78 Å². The molecular formula is C37H46F2N2O4Os-2. The summed E-state index contributed by atoms with van der Waals surface area (Å²) in [6.45, 7) is 6.84. The average Bonchev–Trinajstić information content (AvgIpc) is 3.64. The molecule has 0 radical (unpaired) electrons. The van der Waals surface area contributed by atoms with Crippen molar-refractivity contribution in [2.45, 2.75) is 114 Å².